The molecule has 1 saturated heterocycles. The zero-order chi connectivity index (χ0) is 15.5. The molecule has 1 aromatic carbocycles. The molecule has 0 aromatic heterocycles. The first-order valence-electron chi connectivity index (χ1n) is 8.30. The quantitative estimate of drug-likeness (QED) is 0.877. The summed E-state index contributed by atoms with van der Waals surface area (Å²) in [6.45, 7) is 12.3. The second-order valence-corrected chi connectivity index (χ2v) is 7.75. The van der Waals surface area contributed by atoms with Crippen molar-refractivity contribution in [1.29, 1.82) is 0 Å². The first-order valence-corrected chi connectivity index (χ1v) is 8.30. The van der Waals surface area contributed by atoms with Crippen molar-refractivity contribution < 1.29 is 4.74 Å². The lowest BCUT2D eigenvalue weighted by Crippen LogP contribution is -2.45. The summed E-state index contributed by atoms with van der Waals surface area (Å²) in [5.41, 5.74) is 1.59. The Hall–Kier alpha value is -0.860. The molecule has 1 aromatic rings. The first kappa shape index (κ1) is 16.5. The maximum atomic E-state index is 5.90. The van der Waals surface area contributed by atoms with Crippen molar-refractivity contribution in [1.82, 2.24) is 5.32 Å². The third-order valence-corrected chi connectivity index (χ3v) is 4.46. The van der Waals surface area contributed by atoms with E-state index in [2.05, 4.69) is 70.3 Å². The predicted molar refractivity (Wildman–Crippen MR) is 89.4 cm³/mol. The van der Waals surface area contributed by atoms with E-state index in [1.807, 2.05) is 0 Å². The predicted octanol–water partition coefficient (Wildman–Crippen LogP) is 4.57. The van der Waals surface area contributed by atoms with Gasteiger partial charge in [-0.3, -0.25) is 0 Å². The molecular weight excluding hydrogens is 258 g/mol. The van der Waals surface area contributed by atoms with Gasteiger partial charge in [-0.2, -0.15) is 0 Å². The Morgan fingerprint density at radius 1 is 1.14 bits per heavy atom. The van der Waals surface area contributed by atoms with Gasteiger partial charge in [0.1, 0.15) is 0 Å². The fourth-order valence-corrected chi connectivity index (χ4v) is 3.17. The van der Waals surface area contributed by atoms with E-state index in [9.17, 15) is 0 Å². The Labute approximate surface area is 130 Å². The minimum Gasteiger partial charge on any atom is -0.378 e. The summed E-state index contributed by atoms with van der Waals surface area (Å²) in [7, 11) is 0. The number of benzene rings is 1. The molecule has 2 rings (SSSR count). The molecular formula is C19H31NO. The van der Waals surface area contributed by atoms with Crippen molar-refractivity contribution in [2.24, 2.45) is 11.3 Å². The van der Waals surface area contributed by atoms with Crippen LogP contribution in [0.2, 0.25) is 0 Å². The van der Waals surface area contributed by atoms with Crippen LogP contribution in [0, 0.1) is 11.3 Å². The first-order chi connectivity index (χ1) is 9.88. The lowest BCUT2D eigenvalue weighted by Gasteiger charge is -2.39. The van der Waals surface area contributed by atoms with Gasteiger partial charge in [-0.1, -0.05) is 65.0 Å². The molecule has 0 bridgehead atoms. The number of hydrogen-bond donors (Lipinski definition) is 1. The Bertz CT molecular complexity index is 421. The van der Waals surface area contributed by atoms with Gasteiger partial charge in [0.05, 0.1) is 6.10 Å². The molecule has 1 aliphatic heterocycles. The van der Waals surface area contributed by atoms with Crippen LogP contribution in [0.4, 0.5) is 0 Å². The van der Waals surface area contributed by atoms with Crippen molar-refractivity contribution in [3.05, 3.63) is 35.9 Å². The summed E-state index contributed by atoms with van der Waals surface area (Å²) in [4.78, 5) is 0. The molecule has 0 amide bonds. The van der Waals surface area contributed by atoms with Crippen LogP contribution in [0.1, 0.15) is 59.1 Å². The van der Waals surface area contributed by atoms with E-state index in [0.717, 1.165) is 19.4 Å². The monoisotopic (exact) mass is 289 g/mol. The molecule has 1 aliphatic rings. The number of nitrogens with one attached hydrogen (secondary N) is 1. The van der Waals surface area contributed by atoms with Crippen LogP contribution in [0.25, 0.3) is 0 Å². The summed E-state index contributed by atoms with van der Waals surface area (Å²) in [5, 5.41) is 3.92. The van der Waals surface area contributed by atoms with Gasteiger partial charge in [-0.25, -0.2) is 0 Å². The number of ether oxygens (including phenoxy) is 1. The minimum absolute atomic E-state index is 0.201. The van der Waals surface area contributed by atoms with Crippen molar-refractivity contribution in [2.45, 2.75) is 65.6 Å². The normalized spacial score (nSPS) is 25.0. The van der Waals surface area contributed by atoms with E-state index in [1.165, 1.54) is 5.56 Å². The fourth-order valence-electron chi connectivity index (χ4n) is 3.17. The molecule has 118 valence electrons. The molecule has 0 aliphatic carbocycles. The van der Waals surface area contributed by atoms with Gasteiger partial charge in [0, 0.05) is 18.7 Å². The molecule has 3 atom stereocenters. The third kappa shape index (κ3) is 4.55. The Morgan fingerprint density at radius 2 is 1.81 bits per heavy atom. The van der Waals surface area contributed by atoms with Crippen LogP contribution in [0.3, 0.4) is 0 Å². The smallest absolute Gasteiger partial charge is 0.0612 e. The maximum Gasteiger partial charge on any atom is 0.0612 e. The Morgan fingerprint density at radius 3 is 2.38 bits per heavy atom. The molecule has 1 heterocycles. The summed E-state index contributed by atoms with van der Waals surface area (Å²) < 4.78 is 5.90. The standard InChI is InChI=1S/C19H31NO/c1-14(2)17-13-16(11-12-21-17)20-18(19(3,4)5)15-9-7-6-8-10-15/h6-10,14,16-18,20H,11-13H2,1-5H3. The van der Waals surface area contributed by atoms with Crippen LogP contribution in [0.5, 0.6) is 0 Å². The second-order valence-electron chi connectivity index (χ2n) is 7.75. The van der Waals surface area contributed by atoms with Crippen molar-refractivity contribution in [3.8, 4) is 0 Å². The van der Waals surface area contributed by atoms with Crippen LogP contribution in [-0.4, -0.2) is 18.8 Å². The maximum absolute atomic E-state index is 5.90. The van der Waals surface area contributed by atoms with Crippen LogP contribution < -0.4 is 5.32 Å². The molecule has 0 spiro atoms. The average molecular weight is 289 g/mol. The summed E-state index contributed by atoms with van der Waals surface area (Å²) in [6.07, 6.45) is 2.63. The van der Waals surface area contributed by atoms with E-state index in [-0.39, 0.29) is 5.41 Å². The van der Waals surface area contributed by atoms with Crippen LogP contribution >= 0.6 is 0 Å². The lowest BCUT2D eigenvalue weighted by atomic mass is 9.81. The summed E-state index contributed by atoms with van der Waals surface area (Å²) in [6, 6.07) is 11.8. The molecule has 21 heavy (non-hydrogen) atoms. The van der Waals surface area contributed by atoms with Crippen LogP contribution in [-0.2, 0) is 4.74 Å². The molecule has 1 N–H and O–H groups in total. The van der Waals surface area contributed by atoms with Crippen molar-refractivity contribution >= 4 is 0 Å². The minimum atomic E-state index is 0.201. The molecule has 3 unspecified atom stereocenters. The number of rotatable bonds is 4. The average Bonchev–Trinajstić information content (AvgIpc) is 2.45. The highest BCUT2D eigenvalue weighted by atomic mass is 16.5. The van der Waals surface area contributed by atoms with Crippen molar-refractivity contribution in [3.63, 3.8) is 0 Å². The van der Waals surface area contributed by atoms with Gasteiger partial charge in [0.25, 0.3) is 0 Å². The second kappa shape index (κ2) is 6.93. The summed E-state index contributed by atoms with van der Waals surface area (Å²) in [5.74, 6) is 0.597. The van der Waals surface area contributed by atoms with E-state index in [0.29, 0.717) is 24.1 Å². The van der Waals surface area contributed by atoms with Crippen molar-refractivity contribution in [2.75, 3.05) is 6.61 Å². The van der Waals surface area contributed by atoms with Gasteiger partial charge < -0.3 is 10.1 Å². The molecule has 0 radical (unpaired) electrons. The highest BCUT2D eigenvalue weighted by Crippen LogP contribution is 2.34. The SMILES string of the molecule is CC(C)C1CC(NC(c2ccccc2)C(C)(C)C)CCO1. The molecule has 2 nitrogen and oxygen atoms in total. The Kier molecular flexibility index (Phi) is 5.45. The topological polar surface area (TPSA) is 21.3 Å². The van der Waals surface area contributed by atoms with Gasteiger partial charge in [0.15, 0.2) is 0 Å². The molecule has 0 saturated carbocycles. The van der Waals surface area contributed by atoms with Crippen LogP contribution in [0.15, 0.2) is 30.3 Å². The van der Waals surface area contributed by atoms with Gasteiger partial charge in [-0.15, -0.1) is 0 Å². The van der Waals surface area contributed by atoms with E-state index in [1.54, 1.807) is 0 Å². The van der Waals surface area contributed by atoms with Gasteiger partial charge in [0.2, 0.25) is 0 Å². The van der Waals surface area contributed by atoms with Gasteiger partial charge >= 0.3 is 0 Å². The highest BCUT2D eigenvalue weighted by Gasteiger charge is 2.31. The Balaban J connectivity index is 2.09. The van der Waals surface area contributed by atoms with E-state index >= 15 is 0 Å². The highest BCUT2D eigenvalue weighted by molar-refractivity contribution is 5.21. The zero-order valence-electron chi connectivity index (χ0n) is 14.2. The summed E-state index contributed by atoms with van der Waals surface area (Å²) >= 11 is 0. The third-order valence-electron chi connectivity index (χ3n) is 4.46. The van der Waals surface area contributed by atoms with E-state index < -0.39 is 0 Å². The van der Waals surface area contributed by atoms with Gasteiger partial charge in [-0.05, 0) is 29.7 Å². The molecule has 1 fully saturated rings. The fraction of sp³-hybridized carbons (Fsp3) is 0.684. The lowest BCUT2D eigenvalue weighted by molar-refractivity contribution is -0.0282. The zero-order valence-corrected chi connectivity index (χ0v) is 14.2. The molecule has 2 heteroatoms. The largest absolute Gasteiger partial charge is 0.378 e. The number of hydrogen-bond acceptors (Lipinski definition) is 2. The van der Waals surface area contributed by atoms with E-state index in [4.69, 9.17) is 4.74 Å².